The van der Waals surface area contributed by atoms with E-state index in [1.54, 1.807) is 0 Å². The summed E-state index contributed by atoms with van der Waals surface area (Å²) in [6.45, 7) is 9.12. The molecule has 0 radical (unpaired) electrons. The summed E-state index contributed by atoms with van der Waals surface area (Å²) < 4.78 is 0. The molecule has 2 aromatic carbocycles. The van der Waals surface area contributed by atoms with Crippen molar-refractivity contribution in [1.82, 2.24) is 20.3 Å². The van der Waals surface area contributed by atoms with E-state index >= 15 is 0 Å². The normalized spacial score (nSPS) is 14.2. The molecule has 2 heterocycles. The number of benzene rings is 2. The Balaban J connectivity index is 1.42. The third kappa shape index (κ3) is 4.08. The van der Waals surface area contributed by atoms with Crippen LogP contribution in [0.5, 0.6) is 0 Å². The molecule has 7 nitrogen and oxygen atoms in total. The van der Waals surface area contributed by atoms with E-state index in [1.807, 2.05) is 23.1 Å². The number of carbonyl (C=O) groups is 1. The number of carbonyl (C=O) groups excluding carboxylic acids is 1. The van der Waals surface area contributed by atoms with Crippen molar-refractivity contribution in [2.75, 3.05) is 36.4 Å². The molecule has 1 aliphatic heterocycles. The Kier molecular flexibility index (Phi) is 5.20. The third-order valence-corrected chi connectivity index (χ3v) is 5.49. The Morgan fingerprint density at radius 3 is 2.34 bits per heavy atom. The van der Waals surface area contributed by atoms with Crippen LogP contribution in [-0.2, 0) is 0 Å². The van der Waals surface area contributed by atoms with Crippen molar-refractivity contribution >= 4 is 23.1 Å². The maximum absolute atomic E-state index is 13.0. The van der Waals surface area contributed by atoms with Crippen LogP contribution in [0.25, 0.3) is 0 Å². The standard InChI is InChI=1S/C22H26N6O/c1-15-4-8-19(9-5-15)27-10-12-28(13-11-27)22(29)20-21(25-26-24-20)23-18-7-6-16(2)17(3)14-18/h4-9,14H,10-13H2,1-3H3,(H2,23,24,25,26). The average molecular weight is 390 g/mol. The lowest BCUT2D eigenvalue weighted by molar-refractivity contribution is 0.0742. The van der Waals surface area contributed by atoms with E-state index in [0.717, 1.165) is 18.8 Å². The summed E-state index contributed by atoms with van der Waals surface area (Å²) >= 11 is 0. The lowest BCUT2D eigenvalue weighted by Crippen LogP contribution is -2.49. The maximum atomic E-state index is 13.0. The highest BCUT2D eigenvalue weighted by Crippen LogP contribution is 2.22. The molecular weight excluding hydrogens is 364 g/mol. The first-order chi connectivity index (χ1) is 14.0. The molecule has 0 saturated carbocycles. The highest BCUT2D eigenvalue weighted by atomic mass is 16.2. The zero-order chi connectivity index (χ0) is 20.4. The highest BCUT2D eigenvalue weighted by Gasteiger charge is 2.26. The quantitative estimate of drug-likeness (QED) is 0.714. The second-order valence-electron chi connectivity index (χ2n) is 7.56. The van der Waals surface area contributed by atoms with Crippen molar-refractivity contribution in [2.24, 2.45) is 0 Å². The number of hydrogen-bond donors (Lipinski definition) is 2. The number of aromatic amines is 1. The largest absolute Gasteiger partial charge is 0.368 e. The molecule has 0 unspecified atom stereocenters. The molecule has 0 aliphatic carbocycles. The van der Waals surface area contributed by atoms with Crippen LogP contribution < -0.4 is 10.2 Å². The number of H-pyrrole nitrogens is 1. The molecule has 1 saturated heterocycles. The van der Waals surface area contributed by atoms with Gasteiger partial charge < -0.3 is 15.1 Å². The molecule has 7 heteroatoms. The van der Waals surface area contributed by atoms with Crippen LogP contribution in [0.4, 0.5) is 17.2 Å². The first-order valence-corrected chi connectivity index (χ1v) is 9.87. The van der Waals surface area contributed by atoms with E-state index in [4.69, 9.17) is 0 Å². The lowest BCUT2D eigenvalue weighted by Gasteiger charge is -2.35. The highest BCUT2D eigenvalue weighted by molar-refractivity contribution is 5.97. The smallest absolute Gasteiger partial charge is 0.278 e. The number of amides is 1. The van der Waals surface area contributed by atoms with Gasteiger partial charge in [0.1, 0.15) is 0 Å². The van der Waals surface area contributed by atoms with Gasteiger partial charge >= 0.3 is 0 Å². The number of anilines is 3. The number of nitrogens with one attached hydrogen (secondary N) is 2. The van der Waals surface area contributed by atoms with Crippen LogP contribution in [0, 0.1) is 20.8 Å². The topological polar surface area (TPSA) is 77.2 Å². The van der Waals surface area contributed by atoms with Gasteiger partial charge in [-0.1, -0.05) is 23.8 Å². The molecule has 0 atom stereocenters. The van der Waals surface area contributed by atoms with Gasteiger partial charge in [0, 0.05) is 37.6 Å². The fraction of sp³-hybridized carbons (Fsp3) is 0.318. The molecule has 1 fully saturated rings. The Morgan fingerprint density at radius 1 is 0.931 bits per heavy atom. The molecule has 29 heavy (non-hydrogen) atoms. The first-order valence-electron chi connectivity index (χ1n) is 9.87. The van der Waals surface area contributed by atoms with Crippen LogP contribution in [0.15, 0.2) is 42.5 Å². The van der Waals surface area contributed by atoms with E-state index in [-0.39, 0.29) is 5.91 Å². The number of aryl methyl sites for hydroxylation is 3. The Hall–Kier alpha value is -3.35. The molecule has 1 aromatic heterocycles. The molecule has 3 aromatic rings. The molecule has 0 bridgehead atoms. The minimum absolute atomic E-state index is 0.103. The van der Waals surface area contributed by atoms with Gasteiger partial charge in [0.25, 0.3) is 5.91 Å². The van der Waals surface area contributed by atoms with Crippen LogP contribution >= 0.6 is 0 Å². The SMILES string of the molecule is Cc1ccc(N2CCN(C(=O)c3n[nH]nc3Nc3ccc(C)c(C)c3)CC2)cc1. The van der Waals surface area contributed by atoms with Crippen molar-refractivity contribution in [3.05, 3.63) is 64.8 Å². The van der Waals surface area contributed by atoms with Crippen molar-refractivity contribution in [3.8, 4) is 0 Å². The lowest BCUT2D eigenvalue weighted by atomic mass is 10.1. The zero-order valence-electron chi connectivity index (χ0n) is 17.1. The van der Waals surface area contributed by atoms with Crippen LogP contribution in [0.2, 0.25) is 0 Å². The van der Waals surface area contributed by atoms with Crippen molar-refractivity contribution in [2.45, 2.75) is 20.8 Å². The Morgan fingerprint density at radius 2 is 1.66 bits per heavy atom. The van der Waals surface area contributed by atoms with Crippen molar-refractivity contribution in [3.63, 3.8) is 0 Å². The first kappa shape index (κ1) is 19.0. The predicted molar refractivity (Wildman–Crippen MR) is 115 cm³/mol. The van der Waals surface area contributed by atoms with E-state index < -0.39 is 0 Å². The van der Waals surface area contributed by atoms with Crippen molar-refractivity contribution in [1.29, 1.82) is 0 Å². The zero-order valence-corrected chi connectivity index (χ0v) is 17.1. The summed E-state index contributed by atoms with van der Waals surface area (Å²) in [5.74, 6) is 0.354. The fourth-order valence-electron chi connectivity index (χ4n) is 3.50. The van der Waals surface area contributed by atoms with Gasteiger partial charge in [-0.25, -0.2) is 0 Å². The maximum Gasteiger partial charge on any atom is 0.278 e. The number of piperazine rings is 1. The minimum atomic E-state index is -0.103. The molecule has 0 spiro atoms. The van der Waals surface area contributed by atoms with Gasteiger partial charge in [-0.15, -0.1) is 10.2 Å². The van der Waals surface area contributed by atoms with Crippen LogP contribution in [-0.4, -0.2) is 52.4 Å². The molecule has 2 N–H and O–H groups in total. The number of rotatable bonds is 4. The van der Waals surface area contributed by atoms with Crippen LogP contribution in [0.1, 0.15) is 27.2 Å². The third-order valence-electron chi connectivity index (χ3n) is 5.49. The average Bonchev–Trinajstić information content (AvgIpc) is 3.19. The van der Waals surface area contributed by atoms with Crippen molar-refractivity contribution < 1.29 is 4.79 Å². The van der Waals surface area contributed by atoms with Crippen LogP contribution in [0.3, 0.4) is 0 Å². The molecule has 4 rings (SSSR count). The number of aromatic nitrogens is 3. The van der Waals surface area contributed by atoms with Gasteiger partial charge in [-0.3, -0.25) is 4.79 Å². The van der Waals surface area contributed by atoms with E-state index in [9.17, 15) is 4.79 Å². The molecule has 1 amide bonds. The summed E-state index contributed by atoms with van der Waals surface area (Å²) in [7, 11) is 0. The van der Waals surface area contributed by atoms with E-state index in [0.29, 0.717) is 24.6 Å². The molecule has 1 aliphatic rings. The minimum Gasteiger partial charge on any atom is -0.368 e. The van der Waals surface area contributed by atoms with E-state index in [1.165, 1.54) is 22.4 Å². The van der Waals surface area contributed by atoms with Gasteiger partial charge in [0.2, 0.25) is 0 Å². The summed E-state index contributed by atoms with van der Waals surface area (Å²) in [6.07, 6.45) is 0. The Labute approximate surface area is 170 Å². The van der Waals surface area contributed by atoms with Gasteiger partial charge in [-0.05, 0) is 56.2 Å². The second kappa shape index (κ2) is 7.95. The number of hydrogen-bond acceptors (Lipinski definition) is 5. The second-order valence-corrected chi connectivity index (χ2v) is 7.56. The fourth-order valence-corrected chi connectivity index (χ4v) is 3.50. The summed E-state index contributed by atoms with van der Waals surface area (Å²) in [5, 5.41) is 14.1. The Bertz CT molecular complexity index is 1000. The molecular formula is C22H26N6O. The van der Waals surface area contributed by atoms with Gasteiger partial charge in [-0.2, -0.15) is 5.21 Å². The molecule has 150 valence electrons. The summed E-state index contributed by atoms with van der Waals surface area (Å²) in [6, 6.07) is 14.6. The van der Waals surface area contributed by atoms with Gasteiger partial charge in [0.15, 0.2) is 11.5 Å². The number of nitrogens with zero attached hydrogens (tertiary/aromatic N) is 4. The van der Waals surface area contributed by atoms with Gasteiger partial charge in [0.05, 0.1) is 0 Å². The van der Waals surface area contributed by atoms with E-state index in [2.05, 4.69) is 70.7 Å². The summed E-state index contributed by atoms with van der Waals surface area (Å²) in [4.78, 5) is 17.2. The monoisotopic (exact) mass is 390 g/mol. The predicted octanol–water partition coefficient (Wildman–Crippen LogP) is 3.44. The summed E-state index contributed by atoms with van der Waals surface area (Å²) in [5.41, 5.74) is 6.06.